The molecule has 4 fully saturated rings. The van der Waals surface area contributed by atoms with E-state index in [1.54, 1.807) is 0 Å². The first-order valence-corrected chi connectivity index (χ1v) is 15.7. The van der Waals surface area contributed by atoms with E-state index in [1.165, 1.54) is 28.7 Å². The fraction of sp³-hybridized carbons (Fsp3) is 0.588. The van der Waals surface area contributed by atoms with Gasteiger partial charge in [0.15, 0.2) is 0 Å². The number of rotatable bonds is 10. The summed E-state index contributed by atoms with van der Waals surface area (Å²) in [5.74, 6) is 0.509. The topological polar surface area (TPSA) is 99.9 Å². The Labute approximate surface area is 250 Å². The number of hydrogen-bond acceptors (Lipinski definition) is 6. The molecule has 42 heavy (non-hydrogen) atoms. The van der Waals surface area contributed by atoms with Gasteiger partial charge in [0.25, 0.3) is 0 Å². The molecule has 4 aliphatic carbocycles. The molecule has 8 heteroatoms. The minimum absolute atomic E-state index is 0.00331. The molecular formula is C34H45BN2O5. The van der Waals surface area contributed by atoms with Gasteiger partial charge in [-0.2, -0.15) is 0 Å². The van der Waals surface area contributed by atoms with Crippen LogP contribution >= 0.6 is 0 Å². The minimum atomic E-state index is -0.828. The summed E-state index contributed by atoms with van der Waals surface area (Å²) in [6.45, 7) is 11.4. The normalized spacial score (nSPS) is 28.4. The van der Waals surface area contributed by atoms with Gasteiger partial charge in [-0.3, -0.25) is 9.59 Å². The van der Waals surface area contributed by atoms with Crippen molar-refractivity contribution in [3.8, 4) is 11.1 Å². The number of esters is 1. The van der Waals surface area contributed by atoms with Gasteiger partial charge in [0.2, 0.25) is 5.91 Å². The largest absolute Gasteiger partial charge is 0.481 e. The lowest BCUT2D eigenvalue weighted by Crippen LogP contribution is -2.65. The molecule has 7 rings (SSSR count). The van der Waals surface area contributed by atoms with Gasteiger partial charge in [0.1, 0.15) is 6.61 Å². The molecule has 0 radical (unpaired) electrons. The third kappa shape index (κ3) is 5.09. The molecule has 1 amide bonds. The van der Waals surface area contributed by atoms with E-state index < -0.39 is 13.2 Å². The van der Waals surface area contributed by atoms with Crippen LogP contribution in [0.3, 0.4) is 0 Å². The van der Waals surface area contributed by atoms with Gasteiger partial charge in [-0.25, -0.2) is 0 Å². The highest BCUT2D eigenvalue weighted by Gasteiger charge is 2.68. The summed E-state index contributed by atoms with van der Waals surface area (Å²) in [6.07, 6.45) is 3.23. The number of fused-ring (bicyclic) bond motifs is 3. The van der Waals surface area contributed by atoms with E-state index in [-0.39, 0.29) is 60.3 Å². The van der Waals surface area contributed by atoms with Gasteiger partial charge in [0.05, 0.1) is 23.7 Å². The van der Waals surface area contributed by atoms with E-state index in [0.29, 0.717) is 17.8 Å². The van der Waals surface area contributed by atoms with Crippen molar-refractivity contribution in [3.63, 3.8) is 0 Å². The van der Waals surface area contributed by atoms with Crippen LogP contribution in [0.4, 0.5) is 0 Å². The summed E-state index contributed by atoms with van der Waals surface area (Å²) in [7, 11) is -0.504. The maximum absolute atomic E-state index is 13.2. The van der Waals surface area contributed by atoms with Crippen LogP contribution in [0.25, 0.3) is 11.1 Å². The van der Waals surface area contributed by atoms with Crippen molar-refractivity contribution >= 4 is 19.0 Å². The molecule has 3 N–H and O–H groups in total. The Bertz CT molecular complexity index is 1300. The second-order valence-corrected chi connectivity index (χ2v) is 14.1. The molecular weight excluding hydrogens is 527 g/mol. The zero-order chi connectivity index (χ0) is 29.8. The van der Waals surface area contributed by atoms with E-state index in [1.807, 2.05) is 24.3 Å². The maximum atomic E-state index is 13.2. The summed E-state index contributed by atoms with van der Waals surface area (Å²) in [4.78, 5) is 26.0. The SMILES string of the molecule is CC(C)C[C@H](NC(=O)[C@@H](N)CCC(=O)OCC1c2ccccc2-c2ccccc21)B1O[C@@H]2C[C@H]3C[C@H](C3(C)C)[C@]2(C)O1. The fourth-order valence-electron chi connectivity index (χ4n) is 8.20. The Hall–Kier alpha value is -2.68. The monoisotopic (exact) mass is 572 g/mol. The van der Waals surface area contributed by atoms with Crippen molar-refractivity contribution in [2.24, 2.45) is 28.9 Å². The van der Waals surface area contributed by atoms with Crippen molar-refractivity contribution < 1.29 is 23.6 Å². The van der Waals surface area contributed by atoms with Gasteiger partial charge in [0, 0.05) is 12.3 Å². The van der Waals surface area contributed by atoms with Crippen molar-refractivity contribution in [1.29, 1.82) is 0 Å². The number of amides is 1. The smallest absolute Gasteiger partial charge is 0.465 e. The van der Waals surface area contributed by atoms with Crippen LogP contribution in [0.1, 0.15) is 83.8 Å². The van der Waals surface area contributed by atoms with Gasteiger partial charge >= 0.3 is 13.1 Å². The first-order chi connectivity index (χ1) is 20.0. The van der Waals surface area contributed by atoms with Gasteiger partial charge < -0.3 is 25.1 Å². The second-order valence-electron chi connectivity index (χ2n) is 14.1. The molecule has 3 saturated carbocycles. The Morgan fingerprint density at radius 3 is 2.31 bits per heavy atom. The third-order valence-corrected chi connectivity index (χ3v) is 10.7. The molecule has 1 heterocycles. The first-order valence-electron chi connectivity index (χ1n) is 15.7. The third-order valence-electron chi connectivity index (χ3n) is 10.7. The van der Waals surface area contributed by atoms with Gasteiger partial charge in [-0.05, 0) is 78.0 Å². The molecule has 2 bridgehead atoms. The highest BCUT2D eigenvalue weighted by Crippen LogP contribution is 2.65. The number of nitrogens with one attached hydrogen (secondary N) is 1. The molecule has 0 aromatic heterocycles. The number of carbonyl (C=O) groups is 2. The van der Waals surface area contributed by atoms with Crippen molar-refractivity contribution in [2.45, 2.75) is 96.3 Å². The maximum Gasteiger partial charge on any atom is 0.481 e. The molecule has 2 aromatic carbocycles. The van der Waals surface area contributed by atoms with Gasteiger partial charge in [-0.15, -0.1) is 0 Å². The molecule has 0 spiro atoms. The minimum Gasteiger partial charge on any atom is -0.465 e. The van der Waals surface area contributed by atoms with Crippen LogP contribution < -0.4 is 11.1 Å². The van der Waals surface area contributed by atoms with Crippen molar-refractivity contribution in [3.05, 3.63) is 59.7 Å². The number of ether oxygens (including phenoxy) is 1. The average molecular weight is 573 g/mol. The van der Waals surface area contributed by atoms with Crippen LogP contribution in [0.15, 0.2) is 48.5 Å². The molecule has 5 aliphatic rings. The van der Waals surface area contributed by atoms with E-state index in [0.717, 1.165) is 12.8 Å². The zero-order valence-electron chi connectivity index (χ0n) is 25.6. The van der Waals surface area contributed by atoms with E-state index >= 15 is 0 Å². The molecule has 6 atom stereocenters. The van der Waals surface area contributed by atoms with E-state index in [9.17, 15) is 9.59 Å². The van der Waals surface area contributed by atoms with Crippen LogP contribution in [-0.4, -0.2) is 49.3 Å². The van der Waals surface area contributed by atoms with Crippen LogP contribution in [0.5, 0.6) is 0 Å². The predicted octanol–water partition coefficient (Wildman–Crippen LogP) is 5.25. The summed E-state index contributed by atoms with van der Waals surface area (Å²) in [5, 5.41) is 3.12. The van der Waals surface area contributed by atoms with Crippen molar-refractivity contribution in [2.75, 3.05) is 6.61 Å². The molecule has 7 nitrogen and oxygen atoms in total. The number of carbonyl (C=O) groups excluding carboxylic acids is 2. The van der Waals surface area contributed by atoms with Crippen molar-refractivity contribution in [1.82, 2.24) is 5.32 Å². The van der Waals surface area contributed by atoms with E-state index in [2.05, 4.69) is 64.2 Å². The first kappa shape index (κ1) is 29.4. The lowest BCUT2D eigenvalue weighted by molar-refractivity contribution is -0.199. The Morgan fingerprint density at radius 1 is 1.05 bits per heavy atom. The standard InChI is InChI=1S/C34H45BN2O5/c1-20(2)16-30(35-41-29-18-21-17-28(33(21,3)4)34(29,5)42-35)37-32(39)27(36)14-15-31(38)40-19-26-24-12-8-6-10-22(24)23-11-7-9-13-25(23)26/h6-13,20-21,26-30H,14-19,36H2,1-5H3,(H,37,39)/t21-,27+,28-,29-,30+,34+/m1/s1. The molecule has 0 unspecified atom stereocenters. The predicted molar refractivity (Wildman–Crippen MR) is 163 cm³/mol. The molecule has 1 aliphatic heterocycles. The summed E-state index contributed by atoms with van der Waals surface area (Å²) in [6, 6.07) is 15.7. The highest BCUT2D eigenvalue weighted by atomic mass is 16.7. The highest BCUT2D eigenvalue weighted by molar-refractivity contribution is 6.47. The lowest BCUT2D eigenvalue weighted by atomic mass is 9.43. The molecule has 224 valence electrons. The summed E-state index contributed by atoms with van der Waals surface area (Å²) < 4.78 is 18.9. The van der Waals surface area contributed by atoms with Crippen LogP contribution in [0.2, 0.25) is 0 Å². The number of hydrogen-bond donors (Lipinski definition) is 2. The Morgan fingerprint density at radius 2 is 1.69 bits per heavy atom. The lowest BCUT2D eigenvalue weighted by Gasteiger charge is -2.64. The average Bonchev–Trinajstić information content (AvgIpc) is 3.48. The summed E-state index contributed by atoms with van der Waals surface area (Å²) in [5.41, 5.74) is 10.9. The fourth-order valence-corrected chi connectivity index (χ4v) is 8.20. The Balaban J connectivity index is 1.02. The quantitative estimate of drug-likeness (QED) is 0.298. The zero-order valence-corrected chi connectivity index (χ0v) is 25.6. The van der Waals surface area contributed by atoms with E-state index in [4.69, 9.17) is 19.8 Å². The molecule has 2 aromatic rings. The Kier molecular flexibility index (Phi) is 7.78. The second kappa shape index (κ2) is 11.1. The van der Waals surface area contributed by atoms with Crippen LogP contribution in [0, 0.1) is 23.2 Å². The molecule has 1 saturated heterocycles. The number of nitrogens with two attached hydrogens (primary N) is 1. The van der Waals surface area contributed by atoms with Gasteiger partial charge in [-0.1, -0.05) is 76.2 Å². The number of benzene rings is 2. The van der Waals surface area contributed by atoms with Crippen LogP contribution in [-0.2, 0) is 23.6 Å². The summed E-state index contributed by atoms with van der Waals surface area (Å²) >= 11 is 0.